The van der Waals surface area contributed by atoms with Crippen molar-refractivity contribution in [3.63, 3.8) is 0 Å². The van der Waals surface area contributed by atoms with E-state index in [1.807, 2.05) is 30.3 Å². The van der Waals surface area contributed by atoms with E-state index in [1.54, 1.807) is 0 Å². The second-order valence-electron chi connectivity index (χ2n) is 6.02. The normalized spacial score (nSPS) is 10.8. The number of terminal acetylenes is 2. The number of ether oxygens (including phenoxy) is 3. The number of hydrogen-bond donors (Lipinski definition) is 2. The van der Waals surface area contributed by atoms with Gasteiger partial charge in [-0.15, -0.1) is 12.8 Å². The summed E-state index contributed by atoms with van der Waals surface area (Å²) < 4.78 is 16.2. The number of aliphatic hydroxyl groups is 1. The Morgan fingerprint density at radius 1 is 1.07 bits per heavy atom. The molecule has 0 unspecified atom stereocenters. The molecule has 0 aliphatic carbocycles. The van der Waals surface area contributed by atoms with Crippen LogP contribution in [0.25, 0.3) is 0 Å². The zero-order valence-corrected chi connectivity index (χ0v) is 15.5. The van der Waals surface area contributed by atoms with Gasteiger partial charge in [0.1, 0.15) is 18.8 Å². The smallest absolute Gasteiger partial charge is 0.220 e. The van der Waals surface area contributed by atoms with Crippen LogP contribution >= 0.6 is 0 Å². The molecule has 0 aromatic heterocycles. The summed E-state index contributed by atoms with van der Waals surface area (Å²) >= 11 is 0. The van der Waals surface area contributed by atoms with Gasteiger partial charge in [0.2, 0.25) is 5.91 Å². The molecule has 0 aliphatic rings. The molecule has 27 heavy (non-hydrogen) atoms. The standard InChI is InChI=1S/C21H27NO5/c1-3-12-26-17-21(16-23,18-27-13-4-2)22-20(24)11-8-14-25-15-19-9-6-5-7-10-19/h1-2,5-7,9-10,23H,8,11-18H2,(H,22,24). The first-order chi connectivity index (χ1) is 13.2. The fraction of sp³-hybridized carbons (Fsp3) is 0.476. The van der Waals surface area contributed by atoms with Crippen LogP contribution in [0.2, 0.25) is 0 Å². The molecule has 1 aromatic carbocycles. The second kappa shape index (κ2) is 13.8. The molecular formula is C21H27NO5. The van der Waals surface area contributed by atoms with Crippen molar-refractivity contribution in [1.82, 2.24) is 5.32 Å². The van der Waals surface area contributed by atoms with E-state index >= 15 is 0 Å². The van der Waals surface area contributed by atoms with Gasteiger partial charge in [-0.25, -0.2) is 0 Å². The summed E-state index contributed by atoms with van der Waals surface area (Å²) in [7, 11) is 0. The molecule has 1 rings (SSSR count). The van der Waals surface area contributed by atoms with E-state index in [1.165, 1.54) is 0 Å². The number of carbonyl (C=O) groups is 1. The molecule has 0 spiro atoms. The van der Waals surface area contributed by atoms with E-state index in [2.05, 4.69) is 17.2 Å². The van der Waals surface area contributed by atoms with Gasteiger partial charge in [0.15, 0.2) is 0 Å². The summed E-state index contributed by atoms with van der Waals surface area (Å²) in [5, 5.41) is 12.5. The number of rotatable bonds is 14. The van der Waals surface area contributed by atoms with Crippen LogP contribution in [0.15, 0.2) is 30.3 Å². The molecule has 0 radical (unpaired) electrons. The molecule has 0 saturated heterocycles. The Morgan fingerprint density at radius 3 is 2.26 bits per heavy atom. The van der Waals surface area contributed by atoms with Gasteiger partial charge in [-0.05, 0) is 12.0 Å². The predicted molar refractivity (Wildman–Crippen MR) is 103 cm³/mol. The Balaban J connectivity index is 2.39. The van der Waals surface area contributed by atoms with Crippen LogP contribution in [-0.2, 0) is 25.6 Å². The second-order valence-corrected chi connectivity index (χ2v) is 6.02. The Kier molecular flexibility index (Phi) is 11.6. The van der Waals surface area contributed by atoms with Crippen molar-refractivity contribution in [3.8, 4) is 24.7 Å². The maximum Gasteiger partial charge on any atom is 0.220 e. The van der Waals surface area contributed by atoms with Crippen molar-refractivity contribution >= 4 is 5.91 Å². The molecule has 0 heterocycles. The van der Waals surface area contributed by atoms with E-state index in [-0.39, 0.29) is 45.4 Å². The number of hydrogen-bond acceptors (Lipinski definition) is 5. The summed E-state index contributed by atoms with van der Waals surface area (Å²) in [5.41, 5.74) is -0.00653. The third-order valence-corrected chi connectivity index (χ3v) is 3.64. The summed E-state index contributed by atoms with van der Waals surface area (Å²) in [4.78, 5) is 12.2. The molecule has 0 bridgehead atoms. The summed E-state index contributed by atoms with van der Waals surface area (Å²) in [6, 6.07) is 9.81. The number of amides is 1. The highest BCUT2D eigenvalue weighted by atomic mass is 16.5. The highest BCUT2D eigenvalue weighted by Crippen LogP contribution is 2.08. The Hall–Kier alpha value is -2.35. The van der Waals surface area contributed by atoms with E-state index in [0.717, 1.165) is 5.56 Å². The number of nitrogens with one attached hydrogen (secondary N) is 1. The van der Waals surface area contributed by atoms with Crippen LogP contribution in [0, 0.1) is 24.7 Å². The lowest BCUT2D eigenvalue weighted by atomic mass is 10.0. The average Bonchev–Trinajstić information content (AvgIpc) is 2.68. The molecule has 0 atom stereocenters. The molecule has 1 aromatic rings. The van der Waals surface area contributed by atoms with E-state index in [9.17, 15) is 9.90 Å². The number of benzene rings is 1. The predicted octanol–water partition coefficient (Wildman–Crippen LogP) is 1.13. The highest BCUT2D eigenvalue weighted by Gasteiger charge is 2.32. The van der Waals surface area contributed by atoms with Gasteiger partial charge in [-0.2, -0.15) is 0 Å². The lowest BCUT2D eigenvalue weighted by Gasteiger charge is -2.32. The van der Waals surface area contributed by atoms with Crippen molar-refractivity contribution in [2.45, 2.75) is 25.0 Å². The zero-order valence-electron chi connectivity index (χ0n) is 15.5. The molecule has 0 aliphatic heterocycles. The zero-order chi connectivity index (χ0) is 19.8. The fourth-order valence-corrected chi connectivity index (χ4v) is 2.31. The van der Waals surface area contributed by atoms with Gasteiger partial charge >= 0.3 is 0 Å². The lowest BCUT2D eigenvalue weighted by molar-refractivity contribution is -0.126. The molecule has 1 amide bonds. The quantitative estimate of drug-likeness (QED) is 0.378. The minimum atomic E-state index is -1.09. The Bertz CT molecular complexity index is 598. The van der Waals surface area contributed by atoms with E-state index < -0.39 is 5.54 Å². The highest BCUT2D eigenvalue weighted by molar-refractivity contribution is 5.76. The molecule has 0 fully saturated rings. The van der Waals surface area contributed by atoms with Crippen LogP contribution in [0.1, 0.15) is 18.4 Å². The molecule has 2 N–H and O–H groups in total. The van der Waals surface area contributed by atoms with Crippen molar-refractivity contribution in [1.29, 1.82) is 0 Å². The van der Waals surface area contributed by atoms with Gasteiger partial charge in [0, 0.05) is 13.0 Å². The van der Waals surface area contributed by atoms with Crippen molar-refractivity contribution in [2.75, 3.05) is 39.6 Å². The maximum atomic E-state index is 12.2. The summed E-state index contributed by atoms with van der Waals surface area (Å²) in [5.74, 6) is 4.45. The monoisotopic (exact) mass is 373 g/mol. The third-order valence-electron chi connectivity index (χ3n) is 3.64. The SMILES string of the molecule is C#CCOCC(CO)(COCC#C)NC(=O)CCCOCc1ccccc1. The first-order valence-corrected chi connectivity index (χ1v) is 8.72. The minimum absolute atomic E-state index is 0.0223. The first kappa shape index (κ1) is 22.7. The summed E-state index contributed by atoms with van der Waals surface area (Å²) in [6.45, 7) is 0.778. The molecule has 6 heteroatoms. The first-order valence-electron chi connectivity index (χ1n) is 8.72. The van der Waals surface area contributed by atoms with E-state index in [0.29, 0.717) is 19.6 Å². The number of aliphatic hydroxyl groups excluding tert-OH is 1. The Labute approximate surface area is 161 Å². The topological polar surface area (TPSA) is 77.0 Å². The van der Waals surface area contributed by atoms with Crippen molar-refractivity contribution in [3.05, 3.63) is 35.9 Å². The molecule has 6 nitrogen and oxygen atoms in total. The van der Waals surface area contributed by atoms with Gasteiger partial charge < -0.3 is 24.6 Å². The lowest BCUT2D eigenvalue weighted by Crippen LogP contribution is -2.58. The van der Waals surface area contributed by atoms with Crippen molar-refractivity contribution in [2.24, 2.45) is 0 Å². The van der Waals surface area contributed by atoms with E-state index in [4.69, 9.17) is 27.1 Å². The van der Waals surface area contributed by atoms with Gasteiger partial charge in [-0.3, -0.25) is 4.79 Å². The molecular weight excluding hydrogens is 346 g/mol. The van der Waals surface area contributed by atoms with Crippen LogP contribution < -0.4 is 5.32 Å². The third kappa shape index (κ3) is 9.79. The number of carbonyl (C=O) groups excluding carboxylic acids is 1. The van der Waals surface area contributed by atoms with Crippen LogP contribution in [0.3, 0.4) is 0 Å². The van der Waals surface area contributed by atoms with Gasteiger partial charge in [-0.1, -0.05) is 42.2 Å². The Morgan fingerprint density at radius 2 is 1.70 bits per heavy atom. The molecule has 146 valence electrons. The fourth-order valence-electron chi connectivity index (χ4n) is 2.31. The van der Waals surface area contributed by atoms with Crippen LogP contribution in [0.4, 0.5) is 0 Å². The largest absolute Gasteiger partial charge is 0.394 e. The maximum absolute atomic E-state index is 12.2. The van der Waals surface area contributed by atoms with Crippen LogP contribution in [-0.4, -0.2) is 56.2 Å². The minimum Gasteiger partial charge on any atom is -0.394 e. The summed E-state index contributed by atoms with van der Waals surface area (Å²) in [6.07, 6.45) is 11.1. The van der Waals surface area contributed by atoms with Crippen LogP contribution in [0.5, 0.6) is 0 Å². The molecule has 0 saturated carbocycles. The average molecular weight is 373 g/mol. The van der Waals surface area contributed by atoms with Gasteiger partial charge in [0.25, 0.3) is 0 Å². The van der Waals surface area contributed by atoms with Crippen molar-refractivity contribution < 1.29 is 24.1 Å². The van der Waals surface area contributed by atoms with Gasteiger partial charge in [0.05, 0.1) is 26.4 Å².